The molecule has 1 fully saturated rings. The van der Waals surface area contributed by atoms with Gasteiger partial charge in [0.15, 0.2) is 0 Å². The molecule has 0 unspecified atom stereocenters. The third kappa shape index (κ3) is 4.94. The average Bonchev–Trinajstić information content (AvgIpc) is 2.50. The first kappa shape index (κ1) is 19.2. The Morgan fingerprint density at radius 2 is 1.83 bits per heavy atom. The Kier molecular flexibility index (Phi) is 6.28. The Balaban J connectivity index is 1.89. The van der Waals surface area contributed by atoms with E-state index in [4.69, 9.17) is 11.6 Å². The summed E-state index contributed by atoms with van der Waals surface area (Å²) in [5.74, 6) is -0.159. The number of rotatable bonds is 5. The van der Waals surface area contributed by atoms with Crippen LogP contribution >= 0.6 is 11.6 Å². The smallest absolute Gasteiger partial charge is 0.227 e. The van der Waals surface area contributed by atoms with E-state index >= 15 is 0 Å². The van der Waals surface area contributed by atoms with Gasteiger partial charge in [-0.1, -0.05) is 17.7 Å². The summed E-state index contributed by atoms with van der Waals surface area (Å²) < 4.78 is 26.6. The molecule has 24 heavy (non-hydrogen) atoms. The summed E-state index contributed by atoms with van der Waals surface area (Å²) in [6, 6.07) is 5.44. The Bertz CT molecular complexity index is 696. The fourth-order valence-corrected chi connectivity index (χ4v) is 4.05. The lowest BCUT2D eigenvalue weighted by Gasteiger charge is -2.28. The second kappa shape index (κ2) is 7.85. The lowest BCUT2D eigenvalue weighted by Crippen LogP contribution is -2.42. The molecule has 1 aliphatic rings. The van der Waals surface area contributed by atoms with E-state index in [0.29, 0.717) is 36.4 Å². The van der Waals surface area contributed by atoms with Gasteiger partial charge in [-0.25, -0.2) is 13.1 Å². The number of benzene rings is 1. The highest BCUT2D eigenvalue weighted by Crippen LogP contribution is 2.28. The molecule has 0 aliphatic heterocycles. The van der Waals surface area contributed by atoms with Gasteiger partial charge in [0.1, 0.15) is 0 Å². The quantitative estimate of drug-likeness (QED) is 0.830. The van der Waals surface area contributed by atoms with Crippen molar-refractivity contribution in [2.45, 2.75) is 57.7 Å². The number of anilines is 1. The van der Waals surface area contributed by atoms with Gasteiger partial charge < -0.3 is 5.32 Å². The number of carbonyl (C=O) groups excluding carboxylic acids is 1. The Labute approximate surface area is 149 Å². The molecular formula is C17H25ClN2O3S. The van der Waals surface area contributed by atoms with Crippen molar-refractivity contribution >= 4 is 33.2 Å². The summed E-state index contributed by atoms with van der Waals surface area (Å²) in [6.45, 7) is 5.26. The van der Waals surface area contributed by atoms with Crippen molar-refractivity contribution in [2.24, 2.45) is 5.92 Å². The summed E-state index contributed by atoms with van der Waals surface area (Å²) in [7, 11) is -3.26. The molecule has 0 heterocycles. The summed E-state index contributed by atoms with van der Waals surface area (Å²) >= 11 is 6.15. The van der Waals surface area contributed by atoms with Crippen molar-refractivity contribution in [1.82, 2.24) is 4.72 Å². The van der Waals surface area contributed by atoms with Gasteiger partial charge in [0.2, 0.25) is 15.9 Å². The molecule has 0 bridgehead atoms. The molecule has 0 atom stereocenters. The number of amides is 1. The zero-order chi connectivity index (χ0) is 17.9. The van der Waals surface area contributed by atoms with Crippen molar-refractivity contribution in [3.63, 3.8) is 0 Å². The number of hydrogen-bond acceptors (Lipinski definition) is 3. The molecule has 1 aliphatic carbocycles. The van der Waals surface area contributed by atoms with Gasteiger partial charge in [0.25, 0.3) is 0 Å². The predicted octanol–water partition coefficient (Wildman–Crippen LogP) is 3.47. The molecule has 0 radical (unpaired) electrons. The van der Waals surface area contributed by atoms with Crippen molar-refractivity contribution in [1.29, 1.82) is 0 Å². The van der Waals surface area contributed by atoms with E-state index < -0.39 is 15.3 Å². The van der Waals surface area contributed by atoms with Crippen LogP contribution in [0.4, 0.5) is 5.69 Å². The molecule has 0 spiro atoms. The minimum atomic E-state index is -3.26. The van der Waals surface area contributed by atoms with E-state index in [0.717, 1.165) is 5.56 Å². The van der Waals surface area contributed by atoms with Gasteiger partial charge in [-0.3, -0.25) is 4.79 Å². The van der Waals surface area contributed by atoms with Crippen LogP contribution in [0.25, 0.3) is 0 Å². The second-order valence-electron chi connectivity index (χ2n) is 6.73. The molecule has 5 nitrogen and oxygen atoms in total. The molecule has 1 aromatic rings. The van der Waals surface area contributed by atoms with Crippen LogP contribution in [0, 0.1) is 12.8 Å². The largest absolute Gasteiger partial charge is 0.325 e. The Morgan fingerprint density at radius 3 is 2.38 bits per heavy atom. The molecule has 2 rings (SSSR count). The topological polar surface area (TPSA) is 75.3 Å². The van der Waals surface area contributed by atoms with E-state index in [-0.39, 0.29) is 17.9 Å². The third-order valence-corrected chi connectivity index (χ3v) is 6.65. The maximum atomic E-state index is 12.4. The maximum Gasteiger partial charge on any atom is 0.227 e. The summed E-state index contributed by atoms with van der Waals surface area (Å²) in [4.78, 5) is 12.4. The molecule has 134 valence electrons. The summed E-state index contributed by atoms with van der Waals surface area (Å²) in [5, 5.41) is 2.97. The van der Waals surface area contributed by atoms with Crippen LogP contribution in [-0.4, -0.2) is 25.6 Å². The molecule has 0 saturated heterocycles. The SMILES string of the molecule is Cc1ccc(NC(=O)C2CCC(NS(=O)(=O)C(C)C)CC2)c(Cl)c1. The van der Waals surface area contributed by atoms with Crippen LogP contribution in [0.2, 0.25) is 5.02 Å². The monoisotopic (exact) mass is 372 g/mol. The number of halogens is 1. The molecule has 7 heteroatoms. The molecular weight excluding hydrogens is 348 g/mol. The number of nitrogens with one attached hydrogen (secondary N) is 2. The third-order valence-electron chi connectivity index (χ3n) is 4.43. The van der Waals surface area contributed by atoms with E-state index in [1.165, 1.54) is 0 Å². The van der Waals surface area contributed by atoms with Gasteiger partial charge in [-0.2, -0.15) is 0 Å². The molecule has 1 amide bonds. The van der Waals surface area contributed by atoms with Gasteiger partial charge in [-0.15, -0.1) is 0 Å². The van der Waals surface area contributed by atoms with E-state index in [1.54, 1.807) is 19.9 Å². The van der Waals surface area contributed by atoms with Crippen LogP contribution in [0.1, 0.15) is 45.1 Å². The number of carbonyl (C=O) groups is 1. The molecule has 0 aromatic heterocycles. The van der Waals surface area contributed by atoms with Gasteiger partial charge >= 0.3 is 0 Å². The van der Waals surface area contributed by atoms with Gasteiger partial charge in [0, 0.05) is 12.0 Å². The van der Waals surface area contributed by atoms with Crippen molar-refractivity contribution in [3.8, 4) is 0 Å². The van der Waals surface area contributed by atoms with Crippen LogP contribution in [0.15, 0.2) is 18.2 Å². The normalized spacial score (nSPS) is 21.7. The first-order chi connectivity index (χ1) is 11.2. The zero-order valence-corrected chi connectivity index (χ0v) is 15.9. The molecule has 2 N–H and O–H groups in total. The van der Waals surface area contributed by atoms with Gasteiger partial charge in [0.05, 0.1) is 16.0 Å². The summed E-state index contributed by atoms with van der Waals surface area (Å²) in [5.41, 5.74) is 1.66. The van der Waals surface area contributed by atoms with E-state index in [1.807, 2.05) is 19.1 Å². The Morgan fingerprint density at radius 1 is 1.21 bits per heavy atom. The lowest BCUT2D eigenvalue weighted by molar-refractivity contribution is -0.120. The number of aryl methyl sites for hydroxylation is 1. The number of sulfonamides is 1. The lowest BCUT2D eigenvalue weighted by atomic mass is 9.86. The Hall–Kier alpha value is -1.11. The van der Waals surface area contributed by atoms with E-state index in [2.05, 4.69) is 10.0 Å². The van der Waals surface area contributed by atoms with Crippen LogP contribution in [0.5, 0.6) is 0 Å². The van der Waals surface area contributed by atoms with Crippen molar-refractivity contribution in [3.05, 3.63) is 28.8 Å². The zero-order valence-electron chi connectivity index (χ0n) is 14.3. The van der Waals surface area contributed by atoms with Crippen LogP contribution in [-0.2, 0) is 14.8 Å². The highest BCUT2D eigenvalue weighted by Gasteiger charge is 2.29. The molecule has 1 aromatic carbocycles. The first-order valence-corrected chi connectivity index (χ1v) is 10.2. The standard InChI is InChI=1S/C17H25ClN2O3S/c1-11(2)24(22,23)20-14-7-5-13(6-8-14)17(21)19-16-9-4-12(3)10-15(16)18/h4,9-11,13-14,20H,5-8H2,1-3H3,(H,19,21). The van der Waals surface area contributed by atoms with Crippen LogP contribution < -0.4 is 10.0 Å². The average molecular weight is 373 g/mol. The minimum Gasteiger partial charge on any atom is -0.325 e. The molecule has 1 saturated carbocycles. The van der Waals surface area contributed by atoms with Crippen LogP contribution in [0.3, 0.4) is 0 Å². The predicted molar refractivity (Wildman–Crippen MR) is 97.8 cm³/mol. The second-order valence-corrected chi connectivity index (χ2v) is 9.41. The number of hydrogen-bond donors (Lipinski definition) is 2. The van der Waals surface area contributed by atoms with Crippen molar-refractivity contribution < 1.29 is 13.2 Å². The van der Waals surface area contributed by atoms with Gasteiger partial charge in [-0.05, 0) is 64.2 Å². The van der Waals surface area contributed by atoms with E-state index in [9.17, 15) is 13.2 Å². The summed E-state index contributed by atoms with van der Waals surface area (Å²) in [6.07, 6.45) is 2.68. The highest BCUT2D eigenvalue weighted by atomic mass is 35.5. The fourth-order valence-electron chi connectivity index (χ4n) is 2.80. The minimum absolute atomic E-state index is 0.0501. The first-order valence-electron chi connectivity index (χ1n) is 8.27. The fraction of sp³-hybridized carbons (Fsp3) is 0.588. The van der Waals surface area contributed by atoms with Crippen molar-refractivity contribution in [2.75, 3.05) is 5.32 Å². The highest BCUT2D eigenvalue weighted by molar-refractivity contribution is 7.90. The maximum absolute atomic E-state index is 12.4.